The van der Waals surface area contributed by atoms with Crippen LogP contribution in [0.5, 0.6) is 11.5 Å². The van der Waals surface area contributed by atoms with Crippen molar-refractivity contribution in [1.82, 2.24) is 8.96 Å². The highest BCUT2D eigenvalue weighted by Gasteiger charge is 2.08. The normalized spacial score (nSPS) is 10.4. The van der Waals surface area contributed by atoms with Gasteiger partial charge >= 0.3 is 0 Å². The molecule has 5 heteroatoms. The quantitative estimate of drug-likeness (QED) is 0.624. The molecular weight excluding hydrogens is 200 g/mol. The van der Waals surface area contributed by atoms with Crippen molar-refractivity contribution in [3.63, 3.8) is 0 Å². The molecule has 0 aliphatic rings. The highest BCUT2D eigenvalue weighted by molar-refractivity contribution is 7.78. The summed E-state index contributed by atoms with van der Waals surface area (Å²) in [5, 5.41) is 18.7. The highest BCUT2D eigenvalue weighted by Crippen LogP contribution is 2.31. The van der Waals surface area contributed by atoms with Crippen LogP contribution in [0.15, 0.2) is 30.7 Å². The van der Waals surface area contributed by atoms with E-state index in [1.807, 2.05) is 0 Å². The van der Waals surface area contributed by atoms with Crippen LogP contribution in [-0.4, -0.2) is 19.2 Å². The SMILES string of the molecule is Oc1ccc(-c2cncn2S)c(O)c1. The summed E-state index contributed by atoms with van der Waals surface area (Å²) in [6, 6.07) is 4.38. The van der Waals surface area contributed by atoms with E-state index in [1.54, 1.807) is 12.3 Å². The molecule has 1 aromatic heterocycles. The summed E-state index contributed by atoms with van der Waals surface area (Å²) in [6.07, 6.45) is 3.10. The summed E-state index contributed by atoms with van der Waals surface area (Å²) in [5.41, 5.74) is 1.25. The minimum Gasteiger partial charge on any atom is -0.508 e. The van der Waals surface area contributed by atoms with Gasteiger partial charge in [-0.2, -0.15) is 0 Å². The molecular formula is C9H8N2O2S. The van der Waals surface area contributed by atoms with E-state index in [0.29, 0.717) is 11.3 Å². The van der Waals surface area contributed by atoms with Crippen molar-refractivity contribution in [3.05, 3.63) is 30.7 Å². The van der Waals surface area contributed by atoms with Gasteiger partial charge in [0.25, 0.3) is 0 Å². The zero-order chi connectivity index (χ0) is 10.1. The van der Waals surface area contributed by atoms with Crippen molar-refractivity contribution in [1.29, 1.82) is 0 Å². The van der Waals surface area contributed by atoms with Crippen LogP contribution in [0, 0.1) is 0 Å². The van der Waals surface area contributed by atoms with E-state index in [0.717, 1.165) is 0 Å². The molecule has 0 saturated heterocycles. The smallest absolute Gasteiger partial charge is 0.128 e. The van der Waals surface area contributed by atoms with Gasteiger partial charge in [-0.25, -0.2) is 4.98 Å². The molecule has 0 unspecified atom stereocenters. The number of phenols is 2. The first kappa shape index (κ1) is 8.96. The largest absolute Gasteiger partial charge is 0.508 e. The maximum atomic E-state index is 9.55. The molecule has 2 N–H and O–H groups in total. The predicted octanol–water partition coefficient (Wildman–Crippen LogP) is 1.65. The molecule has 2 aromatic rings. The summed E-state index contributed by atoms with van der Waals surface area (Å²) < 4.78 is 1.49. The fraction of sp³-hybridized carbons (Fsp3) is 0. The Bertz CT molecular complexity index is 468. The number of aromatic hydroxyl groups is 2. The zero-order valence-electron chi connectivity index (χ0n) is 7.12. The summed E-state index contributed by atoms with van der Waals surface area (Å²) in [7, 11) is 0. The third-order valence-corrected chi connectivity index (χ3v) is 2.20. The van der Waals surface area contributed by atoms with Crippen LogP contribution in [0.3, 0.4) is 0 Å². The topological polar surface area (TPSA) is 58.3 Å². The molecule has 72 valence electrons. The number of aromatic nitrogens is 2. The van der Waals surface area contributed by atoms with Gasteiger partial charge in [-0.3, -0.25) is 3.97 Å². The number of hydrogen-bond donors (Lipinski definition) is 3. The lowest BCUT2D eigenvalue weighted by molar-refractivity contribution is 0.452. The van der Waals surface area contributed by atoms with Crippen molar-refractivity contribution in [2.75, 3.05) is 0 Å². The second kappa shape index (κ2) is 3.26. The Morgan fingerprint density at radius 2 is 2.07 bits per heavy atom. The number of phenolic OH excluding ortho intramolecular Hbond substituents is 2. The van der Waals surface area contributed by atoms with Gasteiger partial charge in [0.05, 0.1) is 11.9 Å². The van der Waals surface area contributed by atoms with Crippen LogP contribution >= 0.6 is 12.8 Å². The van der Waals surface area contributed by atoms with Crippen LogP contribution in [0.1, 0.15) is 0 Å². The van der Waals surface area contributed by atoms with Crippen LogP contribution in [0.4, 0.5) is 0 Å². The second-order valence-electron chi connectivity index (χ2n) is 2.82. The van der Waals surface area contributed by atoms with Gasteiger partial charge in [0.15, 0.2) is 0 Å². The molecule has 0 aliphatic carbocycles. The summed E-state index contributed by atoms with van der Waals surface area (Å²) in [4.78, 5) is 3.87. The molecule has 1 heterocycles. The van der Waals surface area contributed by atoms with Crippen molar-refractivity contribution in [2.45, 2.75) is 0 Å². The minimum absolute atomic E-state index is 0.000741. The second-order valence-corrected chi connectivity index (χ2v) is 3.26. The fourth-order valence-corrected chi connectivity index (χ4v) is 1.44. The number of benzene rings is 1. The summed E-state index contributed by atoms with van der Waals surface area (Å²) >= 11 is 4.11. The first-order chi connectivity index (χ1) is 6.68. The molecule has 0 saturated carbocycles. The van der Waals surface area contributed by atoms with Crippen LogP contribution in [0.25, 0.3) is 11.3 Å². The minimum atomic E-state index is 0.000741. The molecule has 0 radical (unpaired) electrons. The third kappa shape index (κ3) is 1.42. The monoisotopic (exact) mass is 208 g/mol. The molecule has 0 atom stereocenters. The van der Waals surface area contributed by atoms with E-state index in [-0.39, 0.29) is 11.5 Å². The lowest BCUT2D eigenvalue weighted by Crippen LogP contribution is -1.84. The number of rotatable bonds is 1. The summed E-state index contributed by atoms with van der Waals surface area (Å²) in [5.74, 6) is 0.0253. The zero-order valence-corrected chi connectivity index (χ0v) is 8.02. The first-order valence-electron chi connectivity index (χ1n) is 3.92. The maximum absolute atomic E-state index is 9.55. The van der Waals surface area contributed by atoms with E-state index in [1.165, 1.54) is 22.4 Å². The van der Waals surface area contributed by atoms with Crippen molar-refractivity contribution in [2.24, 2.45) is 0 Å². The molecule has 0 fully saturated rings. The first-order valence-corrected chi connectivity index (χ1v) is 4.32. The third-order valence-electron chi connectivity index (χ3n) is 1.88. The molecule has 4 nitrogen and oxygen atoms in total. The van der Waals surface area contributed by atoms with Gasteiger partial charge in [0.1, 0.15) is 17.8 Å². The molecule has 0 aliphatic heterocycles. The number of thiol groups is 1. The van der Waals surface area contributed by atoms with Crippen molar-refractivity contribution < 1.29 is 10.2 Å². The lowest BCUT2D eigenvalue weighted by atomic mass is 10.1. The van der Waals surface area contributed by atoms with E-state index in [2.05, 4.69) is 17.8 Å². The Kier molecular flexibility index (Phi) is 2.09. The highest BCUT2D eigenvalue weighted by atomic mass is 32.1. The van der Waals surface area contributed by atoms with E-state index in [9.17, 15) is 5.11 Å². The van der Waals surface area contributed by atoms with Gasteiger partial charge in [-0.05, 0) is 12.1 Å². The van der Waals surface area contributed by atoms with Crippen LogP contribution in [-0.2, 0) is 0 Å². The van der Waals surface area contributed by atoms with Crippen molar-refractivity contribution in [3.8, 4) is 22.8 Å². The standard InChI is InChI=1S/C9H8N2O2S/c12-6-1-2-7(9(13)3-6)8-4-10-5-11(8)14/h1-5,12-14H. The number of imidazole rings is 1. The fourth-order valence-electron chi connectivity index (χ4n) is 1.22. The Labute approximate surface area is 86.0 Å². The average molecular weight is 208 g/mol. The summed E-state index contributed by atoms with van der Waals surface area (Å²) in [6.45, 7) is 0. The maximum Gasteiger partial charge on any atom is 0.128 e. The van der Waals surface area contributed by atoms with E-state index < -0.39 is 0 Å². The average Bonchev–Trinajstić information content (AvgIpc) is 2.52. The van der Waals surface area contributed by atoms with Crippen LogP contribution in [0.2, 0.25) is 0 Å². The number of nitrogens with zero attached hydrogens (tertiary/aromatic N) is 2. The Morgan fingerprint density at radius 3 is 2.64 bits per heavy atom. The Balaban J connectivity index is 2.58. The van der Waals surface area contributed by atoms with E-state index in [4.69, 9.17) is 5.11 Å². The lowest BCUT2D eigenvalue weighted by Gasteiger charge is -2.04. The van der Waals surface area contributed by atoms with Gasteiger partial charge in [-0.15, -0.1) is 0 Å². The Morgan fingerprint density at radius 1 is 1.29 bits per heavy atom. The number of hydrogen-bond acceptors (Lipinski definition) is 4. The van der Waals surface area contributed by atoms with Crippen molar-refractivity contribution >= 4 is 12.8 Å². The van der Waals surface area contributed by atoms with Gasteiger partial charge in [0.2, 0.25) is 0 Å². The van der Waals surface area contributed by atoms with Gasteiger partial charge in [-0.1, -0.05) is 12.8 Å². The molecule has 0 spiro atoms. The predicted molar refractivity (Wildman–Crippen MR) is 55.4 cm³/mol. The van der Waals surface area contributed by atoms with Gasteiger partial charge in [0, 0.05) is 11.6 Å². The molecule has 1 aromatic carbocycles. The molecule has 2 rings (SSSR count). The molecule has 0 bridgehead atoms. The van der Waals surface area contributed by atoms with E-state index >= 15 is 0 Å². The Hall–Kier alpha value is -1.62. The van der Waals surface area contributed by atoms with Gasteiger partial charge < -0.3 is 10.2 Å². The molecule has 0 amide bonds. The molecule has 14 heavy (non-hydrogen) atoms. The van der Waals surface area contributed by atoms with Crippen LogP contribution < -0.4 is 0 Å².